The third-order valence-corrected chi connectivity index (χ3v) is 3.97. The second-order valence-corrected chi connectivity index (χ2v) is 6.26. The van der Waals surface area contributed by atoms with Crippen LogP contribution in [0.1, 0.15) is 24.5 Å². The fourth-order valence-corrected chi connectivity index (χ4v) is 2.98. The van der Waals surface area contributed by atoms with Crippen LogP contribution in [0.25, 0.3) is 0 Å². The molecule has 0 aliphatic carbocycles. The molecule has 0 saturated carbocycles. The van der Waals surface area contributed by atoms with Gasteiger partial charge in [0.15, 0.2) is 5.75 Å². The van der Waals surface area contributed by atoms with Gasteiger partial charge in [-0.05, 0) is 54.8 Å². The molecule has 0 spiro atoms. The van der Waals surface area contributed by atoms with Crippen LogP contribution in [-0.2, 0) is 17.8 Å². The number of aliphatic carboxylic acids is 1. The highest BCUT2D eigenvalue weighted by Crippen LogP contribution is 2.35. The van der Waals surface area contributed by atoms with Gasteiger partial charge < -0.3 is 15.2 Å². The summed E-state index contributed by atoms with van der Waals surface area (Å²) in [6.07, 6.45) is 0.314. The van der Waals surface area contributed by atoms with Gasteiger partial charge in [0.25, 0.3) is 0 Å². The molecule has 134 valence electrons. The molecular formula is C18H18Cl2FNO3. The van der Waals surface area contributed by atoms with E-state index in [0.717, 1.165) is 0 Å². The van der Waals surface area contributed by atoms with E-state index in [9.17, 15) is 9.18 Å². The molecule has 2 rings (SSSR count). The van der Waals surface area contributed by atoms with Crippen molar-refractivity contribution < 1.29 is 19.0 Å². The molecule has 7 heteroatoms. The van der Waals surface area contributed by atoms with Gasteiger partial charge in [-0.25, -0.2) is 4.39 Å². The van der Waals surface area contributed by atoms with Crippen LogP contribution < -0.4 is 10.1 Å². The second kappa shape index (κ2) is 8.92. The van der Waals surface area contributed by atoms with Crippen LogP contribution in [0.3, 0.4) is 0 Å². The van der Waals surface area contributed by atoms with E-state index in [2.05, 4.69) is 5.32 Å². The van der Waals surface area contributed by atoms with Crippen molar-refractivity contribution in [3.8, 4) is 5.75 Å². The summed E-state index contributed by atoms with van der Waals surface area (Å²) in [4.78, 5) is 10.6. The summed E-state index contributed by atoms with van der Waals surface area (Å²) in [5.74, 6) is -0.967. The van der Waals surface area contributed by atoms with Gasteiger partial charge in [-0.1, -0.05) is 23.2 Å². The molecule has 0 fully saturated rings. The lowest BCUT2D eigenvalue weighted by molar-refractivity contribution is -0.136. The van der Waals surface area contributed by atoms with Gasteiger partial charge in [0.2, 0.25) is 0 Å². The SMILES string of the molecule is CCNc1cc(F)cc(COc2c(Cl)cc(CCC(=O)O)cc2Cl)c1. The Morgan fingerprint density at radius 3 is 2.44 bits per heavy atom. The van der Waals surface area contributed by atoms with E-state index in [1.165, 1.54) is 12.1 Å². The molecule has 2 N–H and O–H groups in total. The average molecular weight is 386 g/mol. The summed E-state index contributed by atoms with van der Waals surface area (Å²) < 4.78 is 19.3. The zero-order valence-corrected chi connectivity index (χ0v) is 15.1. The van der Waals surface area contributed by atoms with E-state index in [4.69, 9.17) is 33.0 Å². The Kier molecular flexibility index (Phi) is 6.91. The van der Waals surface area contributed by atoms with Crippen molar-refractivity contribution in [1.82, 2.24) is 0 Å². The average Bonchev–Trinajstić information content (AvgIpc) is 2.52. The van der Waals surface area contributed by atoms with E-state index < -0.39 is 5.97 Å². The first-order valence-electron chi connectivity index (χ1n) is 7.75. The number of rotatable bonds is 8. The molecule has 0 amide bonds. The number of aryl methyl sites for hydroxylation is 1. The van der Waals surface area contributed by atoms with Crippen LogP contribution in [0.15, 0.2) is 30.3 Å². The van der Waals surface area contributed by atoms with E-state index in [0.29, 0.717) is 29.8 Å². The van der Waals surface area contributed by atoms with Crippen molar-refractivity contribution in [2.45, 2.75) is 26.4 Å². The number of carbonyl (C=O) groups is 1. The number of halogens is 3. The largest absolute Gasteiger partial charge is 0.486 e. The molecule has 2 aromatic carbocycles. The first kappa shape index (κ1) is 19.3. The molecule has 0 bridgehead atoms. The molecule has 0 radical (unpaired) electrons. The van der Waals surface area contributed by atoms with Crippen LogP contribution in [0.5, 0.6) is 5.75 Å². The predicted octanol–water partition coefficient (Wildman–Crippen LogP) is 5.16. The number of carboxylic acids is 1. The predicted molar refractivity (Wildman–Crippen MR) is 97.3 cm³/mol. The maximum atomic E-state index is 13.6. The zero-order chi connectivity index (χ0) is 18.4. The molecule has 0 atom stereocenters. The quantitative estimate of drug-likeness (QED) is 0.658. The smallest absolute Gasteiger partial charge is 0.303 e. The van der Waals surface area contributed by atoms with Crippen molar-refractivity contribution >= 4 is 34.9 Å². The van der Waals surface area contributed by atoms with Crippen LogP contribution in [0.4, 0.5) is 10.1 Å². The summed E-state index contributed by atoms with van der Waals surface area (Å²) in [6.45, 7) is 2.70. The van der Waals surface area contributed by atoms with Crippen LogP contribution in [0.2, 0.25) is 10.0 Å². The van der Waals surface area contributed by atoms with E-state index >= 15 is 0 Å². The van der Waals surface area contributed by atoms with E-state index in [-0.39, 0.29) is 34.6 Å². The summed E-state index contributed by atoms with van der Waals surface area (Å²) in [5.41, 5.74) is 2.02. The Labute approximate surface area is 155 Å². The molecule has 0 heterocycles. The van der Waals surface area contributed by atoms with Crippen molar-refractivity contribution in [2.75, 3.05) is 11.9 Å². The highest BCUT2D eigenvalue weighted by molar-refractivity contribution is 6.37. The maximum Gasteiger partial charge on any atom is 0.303 e. The molecule has 0 aliphatic heterocycles. The summed E-state index contributed by atoms with van der Waals surface area (Å²) >= 11 is 12.4. The number of anilines is 1. The number of nitrogens with one attached hydrogen (secondary N) is 1. The normalized spacial score (nSPS) is 10.6. The fraction of sp³-hybridized carbons (Fsp3) is 0.278. The highest BCUT2D eigenvalue weighted by Gasteiger charge is 2.12. The van der Waals surface area contributed by atoms with Gasteiger partial charge >= 0.3 is 5.97 Å². The topological polar surface area (TPSA) is 58.6 Å². The summed E-state index contributed by atoms with van der Waals surface area (Å²) in [5, 5.41) is 12.4. The summed E-state index contributed by atoms with van der Waals surface area (Å²) in [7, 11) is 0. The van der Waals surface area contributed by atoms with Gasteiger partial charge in [0, 0.05) is 18.7 Å². The fourth-order valence-electron chi connectivity index (χ4n) is 2.34. The Hall–Kier alpha value is -1.98. The Bertz CT molecular complexity index is 745. The molecule has 0 aromatic heterocycles. The maximum absolute atomic E-state index is 13.6. The van der Waals surface area contributed by atoms with Crippen LogP contribution in [0, 0.1) is 5.82 Å². The minimum atomic E-state index is -0.893. The standard InChI is InChI=1S/C18H18Cl2FNO3/c1-2-22-14-6-12(5-13(21)9-14)10-25-18-15(19)7-11(8-16(18)20)3-4-17(23)24/h5-9,22H,2-4,10H2,1H3,(H,23,24). The van der Waals surface area contributed by atoms with Crippen LogP contribution >= 0.6 is 23.2 Å². The molecule has 0 saturated heterocycles. The number of benzene rings is 2. The van der Waals surface area contributed by atoms with Crippen molar-refractivity contribution in [2.24, 2.45) is 0 Å². The first-order chi connectivity index (χ1) is 11.9. The van der Waals surface area contributed by atoms with Crippen molar-refractivity contribution in [1.29, 1.82) is 0 Å². The number of ether oxygens (including phenoxy) is 1. The summed E-state index contributed by atoms with van der Waals surface area (Å²) in [6, 6.07) is 7.83. The molecule has 0 aliphatic rings. The van der Waals surface area contributed by atoms with E-state index in [1.807, 2.05) is 6.92 Å². The minimum absolute atomic E-state index is 0.0106. The van der Waals surface area contributed by atoms with Gasteiger partial charge in [-0.3, -0.25) is 4.79 Å². The van der Waals surface area contributed by atoms with Crippen molar-refractivity contribution in [3.63, 3.8) is 0 Å². The van der Waals surface area contributed by atoms with Crippen LogP contribution in [-0.4, -0.2) is 17.6 Å². The number of hydrogen-bond donors (Lipinski definition) is 2. The highest BCUT2D eigenvalue weighted by atomic mass is 35.5. The van der Waals surface area contributed by atoms with Gasteiger partial charge in [-0.2, -0.15) is 0 Å². The molecular weight excluding hydrogens is 368 g/mol. The monoisotopic (exact) mass is 385 g/mol. The molecule has 25 heavy (non-hydrogen) atoms. The van der Waals surface area contributed by atoms with Crippen molar-refractivity contribution in [3.05, 3.63) is 57.3 Å². The van der Waals surface area contributed by atoms with E-state index in [1.54, 1.807) is 18.2 Å². The lowest BCUT2D eigenvalue weighted by atomic mass is 10.1. The lowest BCUT2D eigenvalue weighted by Crippen LogP contribution is -2.02. The third-order valence-electron chi connectivity index (χ3n) is 3.41. The molecule has 4 nitrogen and oxygen atoms in total. The minimum Gasteiger partial charge on any atom is -0.486 e. The lowest BCUT2D eigenvalue weighted by Gasteiger charge is -2.13. The van der Waals surface area contributed by atoms with Gasteiger partial charge in [-0.15, -0.1) is 0 Å². The Morgan fingerprint density at radius 1 is 1.16 bits per heavy atom. The zero-order valence-electron chi connectivity index (χ0n) is 13.6. The number of carboxylic acid groups (broad SMARTS) is 1. The van der Waals surface area contributed by atoms with Gasteiger partial charge in [0.05, 0.1) is 10.0 Å². The first-order valence-corrected chi connectivity index (χ1v) is 8.50. The third kappa shape index (κ3) is 5.80. The molecule has 2 aromatic rings. The Morgan fingerprint density at radius 2 is 1.84 bits per heavy atom. The Balaban J connectivity index is 2.11. The second-order valence-electron chi connectivity index (χ2n) is 5.45. The molecule has 0 unspecified atom stereocenters. The van der Waals surface area contributed by atoms with Gasteiger partial charge in [0.1, 0.15) is 12.4 Å². The number of hydrogen-bond acceptors (Lipinski definition) is 3.